The van der Waals surface area contributed by atoms with E-state index in [9.17, 15) is 0 Å². The van der Waals surface area contributed by atoms with Gasteiger partial charge in [0.15, 0.2) is 5.52 Å². The summed E-state index contributed by atoms with van der Waals surface area (Å²) in [6.07, 6.45) is 0.620. The summed E-state index contributed by atoms with van der Waals surface area (Å²) in [6, 6.07) is 4.07. The largest absolute Gasteiger partial charge is 0.396 e. The topological polar surface area (TPSA) is 90.7 Å². The lowest BCUT2D eigenvalue weighted by molar-refractivity contribution is 0.315. The van der Waals surface area contributed by atoms with Gasteiger partial charge >= 0.3 is 0 Å². The first-order valence-corrected chi connectivity index (χ1v) is 6.36. The van der Waals surface area contributed by atoms with E-state index in [-0.39, 0.29) is 0 Å². The number of rotatable bonds is 2. The van der Waals surface area contributed by atoms with Crippen molar-refractivity contribution in [3.8, 4) is 0 Å². The molecule has 0 unspecified atom stereocenters. The van der Waals surface area contributed by atoms with Crippen molar-refractivity contribution in [3.63, 3.8) is 0 Å². The van der Waals surface area contributed by atoms with E-state index < -0.39 is 0 Å². The third kappa shape index (κ3) is 2.01. The van der Waals surface area contributed by atoms with Gasteiger partial charge in [0.05, 0.1) is 5.69 Å². The fourth-order valence-corrected chi connectivity index (χ4v) is 2.18. The number of pyridine rings is 2. The minimum absolute atomic E-state index is 0.441. The van der Waals surface area contributed by atoms with Crippen molar-refractivity contribution < 1.29 is 4.63 Å². The lowest BCUT2D eigenvalue weighted by Gasteiger charge is -2.09. The zero-order valence-corrected chi connectivity index (χ0v) is 11.6. The van der Waals surface area contributed by atoms with Crippen LogP contribution in [0, 0.1) is 13.8 Å². The van der Waals surface area contributed by atoms with Gasteiger partial charge in [0, 0.05) is 29.1 Å². The van der Waals surface area contributed by atoms with Crippen molar-refractivity contribution in [1.82, 2.24) is 20.3 Å². The maximum absolute atomic E-state index is 6.15. The van der Waals surface area contributed by atoms with Crippen LogP contribution in [0.15, 0.2) is 16.8 Å². The molecule has 0 atom stereocenters. The van der Waals surface area contributed by atoms with Gasteiger partial charge in [-0.3, -0.25) is 4.98 Å². The lowest BCUT2D eigenvalue weighted by atomic mass is 9.94. The molecule has 3 heterocycles. The first kappa shape index (κ1) is 12.6. The van der Waals surface area contributed by atoms with Crippen molar-refractivity contribution in [1.29, 1.82) is 0 Å². The molecule has 0 aromatic carbocycles. The molecule has 0 fully saturated rings. The second-order valence-corrected chi connectivity index (χ2v) is 4.91. The zero-order valence-electron chi connectivity index (χ0n) is 11.6. The van der Waals surface area contributed by atoms with Crippen LogP contribution >= 0.6 is 0 Å². The monoisotopic (exact) mass is 267 g/mol. The van der Waals surface area contributed by atoms with E-state index in [2.05, 4.69) is 31.0 Å². The summed E-state index contributed by atoms with van der Waals surface area (Å²) in [5.74, 6) is 0. The van der Waals surface area contributed by atoms with Crippen molar-refractivity contribution in [2.45, 2.75) is 20.3 Å². The van der Waals surface area contributed by atoms with E-state index in [4.69, 9.17) is 5.73 Å². The highest BCUT2D eigenvalue weighted by molar-refractivity contribution is 6.33. The lowest BCUT2D eigenvalue weighted by Crippen LogP contribution is -2.11. The Kier molecular flexibility index (Phi) is 2.89. The van der Waals surface area contributed by atoms with Crippen molar-refractivity contribution in [3.05, 3.63) is 34.8 Å². The number of aryl methyl sites for hydroxylation is 2. The summed E-state index contributed by atoms with van der Waals surface area (Å²) >= 11 is 0. The Balaban J connectivity index is 2.07. The summed E-state index contributed by atoms with van der Waals surface area (Å²) in [4.78, 5) is 8.93. The van der Waals surface area contributed by atoms with E-state index in [1.165, 1.54) is 5.46 Å². The van der Waals surface area contributed by atoms with E-state index in [0.29, 0.717) is 23.3 Å². The van der Waals surface area contributed by atoms with Crippen LogP contribution in [0.1, 0.15) is 22.6 Å². The van der Waals surface area contributed by atoms with Crippen LogP contribution in [-0.2, 0) is 6.42 Å². The number of anilines is 1. The molecule has 0 aliphatic carbocycles. The fraction of sp³-hybridized carbons (Fsp3) is 0.231. The molecule has 3 aromatic heterocycles. The fourth-order valence-electron chi connectivity index (χ4n) is 2.18. The highest BCUT2D eigenvalue weighted by atomic mass is 16.6. The van der Waals surface area contributed by atoms with E-state index >= 15 is 0 Å². The Hall–Kier alpha value is -2.44. The number of hydrogen-bond donors (Lipinski definition) is 1. The van der Waals surface area contributed by atoms with Crippen molar-refractivity contribution in [2.75, 3.05) is 5.73 Å². The van der Waals surface area contributed by atoms with Gasteiger partial charge in [-0.15, -0.1) is 0 Å². The van der Waals surface area contributed by atoms with Crippen LogP contribution in [0.4, 0.5) is 5.69 Å². The van der Waals surface area contributed by atoms with Gasteiger partial charge in [-0.05, 0) is 30.2 Å². The third-order valence-electron chi connectivity index (χ3n) is 3.53. The summed E-state index contributed by atoms with van der Waals surface area (Å²) in [7, 11) is 2.04. The predicted octanol–water partition coefficient (Wildman–Crippen LogP) is 0.0610. The number of aromatic nitrogens is 4. The Bertz CT molecular complexity index is 799. The quantitative estimate of drug-likeness (QED) is 0.660. The Morgan fingerprint density at radius 2 is 1.95 bits per heavy atom. The molecule has 0 amide bonds. The van der Waals surface area contributed by atoms with Gasteiger partial charge in [0.25, 0.3) is 0 Å². The van der Waals surface area contributed by atoms with Gasteiger partial charge in [0.2, 0.25) is 5.65 Å². The minimum atomic E-state index is 0.441. The molecule has 0 bridgehead atoms. The molecule has 0 saturated heterocycles. The molecule has 0 spiro atoms. The molecule has 2 N–H and O–H groups in total. The molecule has 7 heteroatoms. The van der Waals surface area contributed by atoms with Gasteiger partial charge in [0.1, 0.15) is 7.85 Å². The first-order chi connectivity index (χ1) is 9.56. The van der Waals surface area contributed by atoms with Gasteiger partial charge in [-0.1, -0.05) is 11.5 Å². The number of nitrogens with zero attached hydrogens (tertiary/aromatic N) is 4. The maximum atomic E-state index is 6.15. The molecule has 0 radical (unpaired) electrons. The van der Waals surface area contributed by atoms with Crippen LogP contribution in [0.2, 0.25) is 0 Å². The molecule has 100 valence electrons. The van der Waals surface area contributed by atoms with Crippen molar-refractivity contribution >= 4 is 30.2 Å². The Labute approximate surface area is 116 Å². The Morgan fingerprint density at radius 3 is 2.70 bits per heavy atom. The second kappa shape index (κ2) is 4.59. The Morgan fingerprint density at radius 1 is 1.15 bits per heavy atom. The summed E-state index contributed by atoms with van der Waals surface area (Å²) in [5.41, 5.74) is 12.6. The number of hydrogen-bond acceptors (Lipinski definition) is 6. The second-order valence-electron chi connectivity index (χ2n) is 4.91. The van der Waals surface area contributed by atoms with E-state index in [1.807, 2.05) is 27.8 Å². The summed E-state index contributed by atoms with van der Waals surface area (Å²) in [5, 5.41) is 7.52. The molecular weight excluding hydrogens is 253 g/mol. The first-order valence-electron chi connectivity index (χ1n) is 6.36. The number of fused-ring (bicyclic) bond motifs is 1. The van der Waals surface area contributed by atoms with Gasteiger partial charge < -0.3 is 5.73 Å². The normalized spacial score (nSPS) is 11.1. The molecule has 3 aromatic rings. The third-order valence-corrected chi connectivity index (χ3v) is 3.53. The summed E-state index contributed by atoms with van der Waals surface area (Å²) in [6.45, 7) is 3.90. The molecule has 0 aliphatic rings. The highest BCUT2D eigenvalue weighted by Crippen LogP contribution is 2.25. The van der Waals surface area contributed by atoms with E-state index in [0.717, 1.165) is 22.6 Å². The van der Waals surface area contributed by atoms with Gasteiger partial charge in [-0.2, -0.15) is 0 Å². The standard InChI is InChI=1S/C13H14BN5O/c1-6-9(5-8-3-4-10(14)7(2)16-8)11(15)12-13(17-6)19-20-18-12/h3-4H,5,14-15H2,1-2H3. The summed E-state index contributed by atoms with van der Waals surface area (Å²) < 4.78 is 4.68. The minimum Gasteiger partial charge on any atom is -0.396 e. The van der Waals surface area contributed by atoms with Crippen molar-refractivity contribution in [2.24, 2.45) is 0 Å². The van der Waals surface area contributed by atoms with Crippen LogP contribution < -0.4 is 11.2 Å². The molecule has 20 heavy (non-hydrogen) atoms. The van der Waals surface area contributed by atoms with E-state index in [1.54, 1.807) is 0 Å². The average Bonchev–Trinajstić information content (AvgIpc) is 2.87. The van der Waals surface area contributed by atoms with Crippen LogP contribution in [-0.4, -0.2) is 28.1 Å². The molecule has 3 rings (SSSR count). The molecule has 6 nitrogen and oxygen atoms in total. The smallest absolute Gasteiger partial charge is 0.226 e. The number of nitrogens with two attached hydrogens (primary N) is 1. The zero-order chi connectivity index (χ0) is 14.3. The van der Waals surface area contributed by atoms with Crippen LogP contribution in [0.5, 0.6) is 0 Å². The van der Waals surface area contributed by atoms with Crippen LogP contribution in [0.3, 0.4) is 0 Å². The highest BCUT2D eigenvalue weighted by Gasteiger charge is 2.15. The average molecular weight is 267 g/mol. The predicted molar refractivity (Wildman–Crippen MR) is 78.7 cm³/mol. The maximum Gasteiger partial charge on any atom is 0.226 e. The number of nitrogen functional groups attached to an aromatic ring is 1. The van der Waals surface area contributed by atoms with Gasteiger partial charge in [-0.25, -0.2) is 9.61 Å². The molecule has 0 aliphatic heterocycles. The molecule has 0 saturated carbocycles. The van der Waals surface area contributed by atoms with Crippen LogP contribution in [0.25, 0.3) is 11.2 Å². The molecular formula is C13H14BN5O. The SMILES string of the molecule is Bc1ccc(Cc2c(C)nc3nonc3c2N)nc1C.